The van der Waals surface area contributed by atoms with Gasteiger partial charge < -0.3 is 9.97 Å². The van der Waals surface area contributed by atoms with E-state index in [1.54, 1.807) is 0 Å². The van der Waals surface area contributed by atoms with Crippen molar-refractivity contribution in [2.45, 2.75) is 51.9 Å². The first kappa shape index (κ1) is 60.5. The van der Waals surface area contributed by atoms with E-state index in [-0.39, 0.29) is 43.5 Å². The Morgan fingerprint density at radius 1 is 0.370 bits per heavy atom. The Morgan fingerprint density at radius 2 is 0.593 bits per heavy atom. The van der Waals surface area contributed by atoms with E-state index in [0.717, 1.165) is 91.6 Å². The number of pyridine rings is 4. The second-order valence-electron chi connectivity index (χ2n) is 19.3. The van der Waals surface area contributed by atoms with Gasteiger partial charge in [0.05, 0.1) is 74.2 Å². The molecule has 7 aromatic rings. The predicted molar refractivity (Wildman–Crippen MR) is 303 cm³/mol. The van der Waals surface area contributed by atoms with Gasteiger partial charge in [0.25, 0.3) is 40.5 Å². The predicted octanol–water partition coefficient (Wildman–Crippen LogP) is 5.94. The molecule has 0 amide bonds. The van der Waals surface area contributed by atoms with Crippen molar-refractivity contribution in [2.75, 3.05) is 51.5 Å². The molecule has 0 aromatic carbocycles. The van der Waals surface area contributed by atoms with Gasteiger partial charge in [-0.3, -0.25) is 16.7 Å². The van der Waals surface area contributed by atoms with Gasteiger partial charge in [0.2, 0.25) is 0 Å². The number of hydrogen-bond donors (Lipinski definition) is 2. The Bertz CT molecular complexity index is 3660. The molecule has 25 heteroatoms. The molecule has 9 rings (SSSR count). The fraction of sp³-hybridized carbons (Fsp3) is 0.286. The summed E-state index contributed by atoms with van der Waals surface area (Å²) in [5, 5.41) is 0. The second kappa shape index (κ2) is 26.1. The molecule has 2 N–H and O–H groups in total. The topological polar surface area (TPSA) is 246 Å². The molecule has 9 heterocycles. The molecule has 0 aliphatic carbocycles. The molecule has 0 saturated carbocycles. The van der Waals surface area contributed by atoms with Gasteiger partial charge in [-0.1, -0.05) is 0 Å². The molecule has 0 atom stereocenters. The zero-order chi connectivity index (χ0) is 56.7. The van der Waals surface area contributed by atoms with Crippen molar-refractivity contribution in [2.24, 2.45) is 0 Å². The van der Waals surface area contributed by atoms with E-state index >= 15 is 0 Å². The van der Waals surface area contributed by atoms with Crippen LogP contribution < -0.4 is 18.3 Å². The van der Waals surface area contributed by atoms with Gasteiger partial charge in [0.1, 0.15) is 0 Å². The number of nitrogens with one attached hydrogen (secondary N) is 2. The molecule has 2 aliphatic heterocycles. The summed E-state index contributed by atoms with van der Waals surface area (Å²) in [4.78, 5) is 18.4. The average molecular weight is 1220 g/mol. The van der Waals surface area contributed by atoms with E-state index in [2.05, 4.69) is 9.97 Å². The van der Waals surface area contributed by atoms with E-state index in [1.165, 1.54) is 0 Å². The minimum atomic E-state index is -3.61. The van der Waals surface area contributed by atoms with Crippen LogP contribution in [0.2, 0.25) is 0 Å². The van der Waals surface area contributed by atoms with Gasteiger partial charge in [-0.05, 0) is 72.8 Å². The zero-order valence-electron chi connectivity index (χ0n) is 44.9. The number of rotatable bonds is 24. The minimum Gasteiger partial charge on any atom is -0.354 e. The number of H-pyrrole nitrogens is 2. The number of hydrogen-bond acceptors (Lipinski definition) is 14. The monoisotopic (exact) mass is 1220 g/mol. The normalized spacial score (nSPS) is 12.7. The van der Waals surface area contributed by atoms with Crippen molar-refractivity contribution in [1.29, 1.82) is 0 Å². The molecule has 0 saturated heterocycles. The third-order valence-corrected chi connectivity index (χ3v) is 15.2. The molecule has 0 spiro atoms. The molecule has 0 unspecified atom stereocenters. The van der Waals surface area contributed by atoms with Crippen molar-refractivity contribution in [3.05, 3.63) is 145 Å². The van der Waals surface area contributed by atoms with E-state index in [4.69, 9.17) is 26.7 Å². The van der Waals surface area contributed by atoms with Crippen LogP contribution in [0.5, 0.6) is 0 Å². The summed E-state index contributed by atoms with van der Waals surface area (Å²) in [6.45, 7) is 1.95. The van der Waals surface area contributed by atoms with E-state index < -0.39 is 40.5 Å². The first-order valence-electron chi connectivity index (χ1n) is 25.6. The number of nitrogens with zero attached hydrogens (tertiary/aromatic N) is 6. The summed E-state index contributed by atoms with van der Waals surface area (Å²) >= 11 is 0. The quantitative estimate of drug-likeness (QED) is 0.0308. The summed E-state index contributed by atoms with van der Waals surface area (Å²) in [6, 6.07) is 23.8. The van der Waals surface area contributed by atoms with Crippen LogP contribution in [0.4, 0.5) is 0 Å². The number of aryl methyl sites for hydroxylation is 4. The Labute approximate surface area is 482 Å². The van der Waals surface area contributed by atoms with Gasteiger partial charge in [0.15, 0.2) is 75.8 Å². The minimum absolute atomic E-state index is 0. The van der Waals surface area contributed by atoms with E-state index in [9.17, 15) is 33.7 Å². The summed E-state index contributed by atoms with van der Waals surface area (Å²) in [7, 11) is -14.5. The maximum absolute atomic E-state index is 11.8. The average Bonchev–Trinajstić information content (AvgIpc) is 4.35. The third kappa shape index (κ3) is 16.7. The molecule has 7 aromatic heterocycles. The third-order valence-electron chi connectivity index (χ3n) is 12.8. The molecular weight excluding hydrogens is 1160 g/mol. The van der Waals surface area contributed by atoms with Crippen molar-refractivity contribution in [3.63, 3.8) is 0 Å². The molecule has 8 bridgehead atoms. The summed E-state index contributed by atoms with van der Waals surface area (Å²) in [5.74, 6) is 0. The first-order chi connectivity index (χ1) is 38.1. The first-order valence-corrected chi connectivity index (χ1v) is 32.9. The number of fused-ring (bicyclic) bond motifs is 8. The van der Waals surface area contributed by atoms with Gasteiger partial charge in [-0.25, -0.2) is 28.2 Å². The number of aromatic amines is 2. The Hall–Kier alpha value is -6.64. The maximum atomic E-state index is 11.8. The van der Waals surface area contributed by atoms with Crippen molar-refractivity contribution < 1.29 is 85.7 Å². The van der Waals surface area contributed by atoms with Crippen LogP contribution in [-0.2, 0) is 100 Å². The number of aromatic nitrogens is 8. The van der Waals surface area contributed by atoms with Crippen molar-refractivity contribution in [3.8, 4) is 44.5 Å². The Balaban J connectivity index is 0.00000860. The second-order valence-corrected chi connectivity index (χ2v) is 25.9. The summed E-state index contributed by atoms with van der Waals surface area (Å²) in [6.07, 6.45) is 29.4. The smallest absolute Gasteiger partial charge is 0.354 e. The Kier molecular flexibility index (Phi) is 19.5. The molecule has 0 fully saturated rings. The SMILES string of the molecule is CS(=O)(=O)OCCC[n+]1cccc(-c2c3nc(c(-c4ccc[n+](CCCOS(C)(=O)=O)c4)c4ccc([nH]4)c(-c4ccc[n+](CCCOS(C)(=O)=O)c4)c4nc(c(-c5ccc[n+](CCCOS(C)(=O)=O)c5)c5ccc2[nH]5)C=C4)C=C3)c1.[Mn+2]. The van der Waals surface area contributed by atoms with Gasteiger partial charge in [0, 0.05) is 117 Å². The molecular formula is C56H62MnN8O12S4+6. The van der Waals surface area contributed by atoms with Crippen LogP contribution in [0.15, 0.2) is 122 Å². The van der Waals surface area contributed by atoms with Crippen LogP contribution in [0, 0.1) is 0 Å². The van der Waals surface area contributed by atoms with Crippen molar-refractivity contribution >= 4 is 86.8 Å². The molecule has 20 nitrogen and oxygen atoms in total. The largest absolute Gasteiger partial charge is 2.00 e. The summed E-state index contributed by atoms with van der Waals surface area (Å²) < 4.78 is 122. The standard InChI is InChI=1S/C56H62N8O12S4.Mn/c1-77(65,66)73-33-9-29-61-25-5-13-41(37-61)53-45-17-19-47(57-45)54(42-14-6-26-62(38-42)30-10-34-74-78(2,67)68)49-21-23-51(59-49)56(44-16-8-28-64(40-44)32-12-36-76-80(4,71)72)52-24-22-50(60-52)55(48-20-18-46(53)58-48)43-15-7-27-63(39-43)31-11-35-75-79(3,69)70;/h5-8,13-28,37-40,57,60H,9-12,29-36H2,1-4H3;/q+4;+2. The van der Waals surface area contributed by atoms with Crippen LogP contribution in [0.1, 0.15) is 48.5 Å². The van der Waals surface area contributed by atoms with E-state index in [1.807, 2.05) is 165 Å². The molecule has 2 aliphatic rings. The molecule has 81 heavy (non-hydrogen) atoms. The van der Waals surface area contributed by atoms with Crippen molar-refractivity contribution in [1.82, 2.24) is 19.9 Å². The van der Waals surface area contributed by atoms with Gasteiger partial charge in [-0.15, -0.1) is 0 Å². The van der Waals surface area contributed by atoms with Crippen LogP contribution in [0.25, 0.3) is 90.9 Å². The van der Waals surface area contributed by atoms with E-state index in [0.29, 0.717) is 74.6 Å². The molecule has 1 radical (unpaired) electrons. The van der Waals surface area contributed by atoms with Crippen LogP contribution >= 0.6 is 0 Å². The van der Waals surface area contributed by atoms with Gasteiger partial charge >= 0.3 is 17.1 Å². The summed E-state index contributed by atoms with van der Waals surface area (Å²) in [5.41, 5.74) is 11.9. The van der Waals surface area contributed by atoms with Crippen LogP contribution in [0.3, 0.4) is 0 Å². The maximum Gasteiger partial charge on any atom is 2.00 e. The fourth-order valence-corrected chi connectivity index (χ4v) is 11.2. The van der Waals surface area contributed by atoms with Crippen LogP contribution in [-0.4, -0.2) is 105 Å². The molecule has 423 valence electrons. The Morgan fingerprint density at radius 3 is 0.802 bits per heavy atom. The zero-order valence-corrected chi connectivity index (χ0v) is 49.4. The van der Waals surface area contributed by atoms with Gasteiger partial charge in [-0.2, -0.15) is 33.7 Å². The fourth-order valence-electron chi connectivity index (χ4n) is 9.49.